The molecule has 5 heteroatoms. The highest BCUT2D eigenvalue weighted by Gasteiger charge is 2.13. The van der Waals surface area contributed by atoms with E-state index in [0.29, 0.717) is 6.04 Å². The summed E-state index contributed by atoms with van der Waals surface area (Å²) in [5, 5.41) is 10.3. The number of halogens is 1. The first-order valence-corrected chi connectivity index (χ1v) is 8.64. The minimum Gasteiger partial charge on any atom is -0.314 e. The molecule has 0 bridgehead atoms. The van der Waals surface area contributed by atoms with Crippen LogP contribution in [0, 0.1) is 13.8 Å². The van der Waals surface area contributed by atoms with Gasteiger partial charge in [-0.05, 0) is 59.8 Å². The SMILES string of the molecule is Cc1nn(Cc2sccc2Br)c(C)c1CCNC(C)C. The lowest BCUT2D eigenvalue weighted by Gasteiger charge is -2.08. The van der Waals surface area contributed by atoms with Gasteiger partial charge in [-0.1, -0.05) is 13.8 Å². The smallest absolute Gasteiger partial charge is 0.0766 e. The van der Waals surface area contributed by atoms with Gasteiger partial charge in [0.2, 0.25) is 0 Å². The molecule has 2 aromatic rings. The van der Waals surface area contributed by atoms with Crippen molar-refractivity contribution in [1.82, 2.24) is 15.1 Å². The van der Waals surface area contributed by atoms with Crippen molar-refractivity contribution in [2.24, 2.45) is 0 Å². The van der Waals surface area contributed by atoms with E-state index in [1.165, 1.54) is 20.6 Å². The van der Waals surface area contributed by atoms with Gasteiger partial charge in [-0.3, -0.25) is 4.68 Å². The summed E-state index contributed by atoms with van der Waals surface area (Å²) in [7, 11) is 0. The normalized spacial score (nSPS) is 11.5. The van der Waals surface area contributed by atoms with Crippen LogP contribution in [-0.4, -0.2) is 22.4 Å². The van der Waals surface area contributed by atoms with E-state index in [-0.39, 0.29) is 0 Å². The fourth-order valence-corrected chi connectivity index (χ4v) is 3.77. The van der Waals surface area contributed by atoms with E-state index >= 15 is 0 Å². The average molecular weight is 356 g/mol. The fraction of sp³-hybridized carbons (Fsp3) is 0.533. The fourth-order valence-electron chi connectivity index (χ4n) is 2.31. The van der Waals surface area contributed by atoms with Crippen molar-refractivity contribution >= 4 is 27.3 Å². The lowest BCUT2D eigenvalue weighted by Crippen LogP contribution is -2.25. The summed E-state index contributed by atoms with van der Waals surface area (Å²) in [6, 6.07) is 2.63. The average Bonchev–Trinajstić information content (AvgIpc) is 2.88. The van der Waals surface area contributed by atoms with Crippen molar-refractivity contribution in [3.8, 4) is 0 Å². The number of aryl methyl sites for hydroxylation is 1. The minimum atomic E-state index is 0.535. The van der Waals surface area contributed by atoms with Crippen LogP contribution >= 0.6 is 27.3 Å². The third-order valence-electron chi connectivity index (χ3n) is 3.44. The van der Waals surface area contributed by atoms with Crippen molar-refractivity contribution < 1.29 is 0 Å². The molecule has 0 aliphatic heterocycles. The van der Waals surface area contributed by atoms with E-state index in [0.717, 1.165) is 25.2 Å². The van der Waals surface area contributed by atoms with Crippen molar-refractivity contribution in [1.29, 1.82) is 0 Å². The van der Waals surface area contributed by atoms with Crippen LogP contribution in [0.2, 0.25) is 0 Å². The Morgan fingerprint density at radius 1 is 1.40 bits per heavy atom. The molecule has 110 valence electrons. The molecule has 2 aromatic heterocycles. The van der Waals surface area contributed by atoms with Crippen LogP contribution < -0.4 is 5.32 Å². The van der Waals surface area contributed by atoms with Crippen molar-refractivity contribution in [3.05, 3.63) is 37.7 Å². The molecule has 2 heterocycles. The predicted molar refractivity (Wildman–Crippen MR) is 89.7 cm³/mol. The maximum atomic E-state index is 4.70. The van der Waals surface area contributed by atoms with Crippen molar-refractivity contribution in [2.75, 3.05) is 6.54 Å². The Morgan fingerprint density at radius 2 is 2.15 bits per heavy atom. The van der Waals surface area contributed by atoms with Gasteiger partial charge in [-0.2, -0.15) is 5.10 Å². The van der Waals surface area contributed by atoms with E-state index in [4.69, 9.17) is 5.10 Å². The van der Waals surface area contributed by atoms with Crippen LogP contribution in [0.1, 0.15) is 35.7 Å². The van der Waals surface area contributed by atoms with Gasteiger partial charge in [0, 0.05) is 21.1 Å². The summed E-state index contributed by atoms with van der Waals surface area (Å²) >= 11 is 5.36. The molecule has 0 saturated carbocycles. The van der Waals surface area contributed by atoms with E-state index in [1.54, 1.807) is 11.3 Å². The number of thiophene rings is 1. The third kappa shape index (κ3) is 3.71. The van der Waals surface area contributed by atoms with E-state index in [1.807, 2.05) is 0 Å². The maximum Gasteiger partial charge on any atom is 0.0766 e. The molecule has 0 unspecified atom stereocenters. The Kier molecular flexibility index (Phi) is 5.41. The van der Waals surface area contributed by atoms with E-state index in [2.05, 4.69) is 65.1 Å². The summed E-state index contributed by atoms with van der Waals surface area (Å²) in [6.07, 6.45) is 1.04. The molecule has 0 aliphatic rings. The summed E-state index contributed by atoms with van der Waals surface area (Å²) < 4.78 is 3.30. The van der Waals surface area contributed by atoms with Gasteiger partial charge in [0.15, 0.2) is 0 Å². The number of nitrogens with zero attached hydrogens (tertiary/aromatic N) is 2. The molecule has 0 aliphatic carbocycles. The van der Waals surface area contributed by atoms with Gasteiger partial charge in [0.05, 0.1) is 12.2 Å². The van der Waals surface area contributed by atoms with Crippen LogP contribution in [0.5, 0.6) is 0 Å². The van der Waals surface area contributed by atoms with Gasteiger partial charge < -0.3 is 5.32 Å². The Hall–Kier alpha value is -0.650. The van der Waals surface area contributed by atoms with Crippen LogP contribution in [0.3, 0.4) is 0 Å². The highest BCUT2D eigenvalue weighted by Crippen LogP contribution is 2.24. The lowest BCUT2D eigenvalue weighted by molar-refractivity contribution is 0.588. The van der Waals surface area contributed by atoms with E-state index in [9.17, 15) is 0 Å². The molecule has 3 nitrogen and oxygen atoms in total. The molecular formula is C15H22BrN3S. The summed E-state index contributed by atoms with van der Waals surface area (Å²) in [4.78, 5) is 1.32. The molecule has 2 rings (SSSR count). The quantitative estimate of drug-likeness (QED) is 0.850. The minimum absolute atomic E-state index is 0.535. The molecule has 0 fully saturated rings. The van der Waals surface area contributed by atoms with Crippen LogP contribution in [0.4, 0.5) is 0 Å². The topological polar surface area (TPSA) is 29.9 Å². The largest absolute Gasteiger partial charge is 0.314 e. The number of rotatable bonds is 6. The molecule has 1 N–H and O–H groups in total. The molecule has 0 spiro atoms. The van der Waals surface area contributed by atoms with Crippen molar-refractivity contribution in [3.63, 3.8) is 0 Å². The van der Waals surface area contributed by atoms with Gasteiger partial charge in [-0.25, -0.2) is 0 Å². The lowest BCUT2D eigenvalue weighted by atomic mass is 10.1. The molecule has 0 radical (unpaired) electrons. The summed E-state index contributed by atoms with van der Waals surface area (Å²) in [5.41, 5.74) is 3.82. The Bertz CT molecular complexity index is 572. The first-order valence-electron chi connectivity index (χ1n) is 6.97. The number of aromatic nitrogens is 2. The van der Waals surface area contributed by atoms with Crippen LogP contribution in [-0.2, 0) is 13.0 Å². The zero-order valence-corrected chi connectivity index (χ0v) is 14.9. The third-order valence-corrected chi connectivity index (χ3v) is 5.35. The Balaban J connectivity index is 2.10. The summed E-state index contributed by atoms with van der Waals surface area (Å²) in [5.74, 6) is 0. The van der Waals surface area contributed by atoms with Crippen molar-refractivity contribution in [2.45, 2.75) is 46.7 Å². The molecule has 0 aromatic carbocycles. The highest BCUT2D eigenvalue weighted by molar-refractivity contribution is 9.10. The molecular weight excluding hydrogens is 334 g/mol. The first kappa shape index (κ1) is 15.7. The molecule has 0 saturated heterocycles. The monoisotopic (exact) mass is 355 g/mol. The second kappa shape index (κ2) is 6.87. The number of nitrogens with one attached hydrogen (secondary N) is 1. The summed E-state index contributed by atoms with van der Waals surface area (Å²) in [6.45, 7) is 10.5. The zero-order chi connectivity index (χ0) is 14.7. The van der Waals surface area contributed by atoms with Gasteiger partial charge in [-0.15, -0.1) is 11.3 Å². The van der Waals surface area contributed by atoms with Gasteiger partial charge in [0.1, 0.15) is 0 Å². The molecule has 0 atom stereocenters. The van der Waals surface area contributed by atoms with Crippen LogP contribution in [0.15, 0.2) is 15.9 Å². The second-order valence-corrected chi connectivity index (χ2v) is 7.21. The Morgan fingerprint density at radius 3 is 2.75 bits per heavy atom. The Labute approximate surface area is 133 Å². The first-order chi connectivity index (χ1) is 9.49. The standard InChI is InChI=1S/C15H22BrN3S/c1-10(2)17-7-5-13-11(3)18-19(12(13)4)9-15-14(16)6-8-20-15/h6,8,10,17H,5,7,9H2,1-4H3. The maximum absolute atomic E-state index is 4.70. The highest BCUT2D eigenvalue weighted by atomic mass is 79.9. The van der Waals surface area contributed by atoms with Crippen LogP contribution in [0.25, 0.3) is 0 Å². The van der Waals surface area contributed by atoms with Gasteiger partial charge >= 0.3 is 0 Å². The second-order valence-electron chi connectivity index (χ2n) is 5.36. The molecule has 0 amide bonds. The number of hydrogen-bond donors (Lipinski definition) is 1. The van der Waals surface area contributed by atoms with Gasteiger partial charge in [0.25, 0.3) is 0 Å². The number of hydrogen-bond acceptors (Lipinski definition) is 3. The zero-order valence-electron chi connectivity index (χ0n) is 12.5. The molecule has 20 heavy (non-hydrogen) atoms. The van der Waals surface area contributed by atoms with E-state index < -0.39 is 0 Å². The predicted octanol–water partition coefficient (Wildman–Crippen LogP) is 3.91.